The molecule has 1 aromatic carbocycles. The molecule has 3 rings (SSSR count). The minimum Gasteiger partial charge on any atom is -0.389 e. The summed E-state index contributed by atoms with van der Waals surface area (Å²) < 4.78 is 5.30. The van der Waals surface area contributed by atoms with Crippen LogP contribution in [0.3, 0.4) is 0 Å². The molecule has 0 saturated carbocycles. The quantitative estimate of drug-likeness (QED) is 0.887. The first-order valence-electron chi connectivity index (χ1n) is 7.65. The Morgan fingerprint density at radius 2 is 1.95 bits per heavy atom. The molecule has 5 nitrogen and oxygen atoms in total. The lowest BCUT2D eigenvalue weighted by atomic mass is 10.1. The molecular weight excluding hydrogens is 268 g/mol. The summed E-state index contributed by atoms with van der Waals surface area (Å²) in [6.07, 6.45) is 1.76. The van der Waals surface area contributed by atoms with Gasteiger partial charge in [0.1, 0.15) is 0 Å². The lowest BCUT2D eigenvalue weighted by Crippen LogP contribution is -2.38. The Kier molecular flexibility index (Phi) is 4.41. The van der Waals surface area contributed by atoms with Crippen molar-refractivity contribution in [2.75, 3.05) is 44.3 Å². The zero-order valence-corrected chi connectivity index (χ0v) is 12.2. The first kappa shape index (κ1) is 14.4. The van der Waals surface area contributed by atoms with Crippen molar-refractivity contribution in [3.63, 3.8) is 0 Å². The van der Waals surface area contributed by atoms with Crippen LogP contribution in [0.15, 0.2) is 24.3 Å². The number of carbonyl (C=O) groups is 1. The summed E-state index contributed by atoms with van der Waals surface area (Å²) in [7, 11) is 0. The SMILES string of the molecule is O=C(c1ccccc1N1CCCC1)N1CCOCC(O)C1. The van der Waals surface area contributed by atoms with Gasteiger partial charge in [-0.1, -0.05) is 12.1 Å². The monoisotopic (exact) mass is 290 g/mol. The van der Waals surface area contributed by atoms with Crippen LogP contribution in [-0.4, -0.2) is 61.4 Å². The molecule has 2 heterocycles. The number of carbonyl (C=O) groups excluding carboxylic acids is 1. The van der Waals surface area contributed by atoms with Crippen LogP contribution in [0.5, 0.6) is 0 Å². The predicted octanol–water partition coefficient (Wildman–Crippen LogP) is 1.12. The third kappa shape index (κ3) is 3.19. The minimum atomic E-state index is -0.601. The maximum Gasteiger partial charge on any atom is 0.256 e. The first-order chi connectivity index (χ1) is 10.3. The van der Waals surface area contributed by atoms with E-state index in [9.17, 15) is 9.90 Å². The topological polar surface area (TPSA) is 53.0 Å². The van der Waals surface area contributed by atoms with E-state index in [1.165, 1.54) is 12.8 Å². The predicted molar refractivity (Wildman–Crippen MR) is 80.6 cm³/mol. The van der Waals surface area contributed by atoms with Gasteiger partial charge in [0.2, 0.25) is 0 Å². The standard InChI is InChI=1S/C16H22N2O3/c19-13-11-18(9-10-21-12-13)16(20)14-5-1-2-6-15(14)17-7-3-4-8-17/h1-2,5-6,13,19H,3-4,7-12H2. The van der Waals surface area contributed by atoms with Crippen LogP contribution in [0.1, 0.15) is 23.2 Å². The van der Waals surface area contributed by atoms with Crippen LogP contribution in [0, 0.1) is 0 Å². The fraction of sp³-hybridized carbons (Fsp3) is 0.562. The highest BCUT2D eigenvalue weighted by atomic mass is 16.5. The highest BCUT2D eigenvalue weighted by Gasteiger charge is 2.25. The molecule has 0 aromatic heterocycles. The summed E-state index contributed by atoms with van der Waals surface area (Å²) >= 11 is 0. The van der Waals surface area contributed by atoms with Gasteiger partial charge in [0.05, 0.1) is 24.9 Å². The lowest BCUT2D eigenvalue weighted by Gasteiger charge is -2.26. The first-order valence-corrected chi connectivity index (χ1v) is 7.65. The number of para-hydroxylation sites is 1. The van der Waals surface area contributed by atoms with Crippen molar-refractivity contribution >= 4 is 11.6 Å². The van der Waals surface area contributed by atoms with Crippen LogP contribution in [0.2, 0.25) is 0 Å². The van der Waals surface area contributed by atoms with Crippen molar-refractivity contribution in [1.29, 1.82) is 0 Å². The highest BCUT2D eigenvalue weighted by molar-refractivity contribution is 6.00. The average molecular weight is 290 g/mol. The number of β-amino-alcohol motifs (C(OH)–C–C–N with tert-alkyl or cyclic N) is 1. The summed E-state index contributed by atoms with van der Waals surface area (Å²) in [6.45, 7) is 3.68. The highest BCUT2D eigenvalue weighted by Crippen LogP contribution is 2.25. The van der Waals surface area contributed by atoms with Crippen LogP contribution < -0.4 is 4.90 Å². The van der Waals surface area contributed by atoms with Gasteiger partial charge in [0, 0.05) is 31.9 Å². The Morgan fingerprint density at radius 1 is 1.19 bits per heavy atom. The molecule has 114 valence electrons. The van der Waals surface area contributed by atoms with Gasteiger partial charge in [-0.3, -0.25) is 4.79 Å². The van der Waals surface area contributed by atoms with E-state index in [0.717, 1.165) is 24.3 Å². The number of benzene rings is 1. The number of hydrogen-bond acceptors (Lipinski definition) is 4. The zero-order chi connectivity index (χ0) is 14.7. The van der Waals surface area contributed by atoms with E-state index in [0.29, 0.717) is 26.3 Å². The molecule has 0 radical (unpaired) electrons. The normalized spacial score (nSPS) is 23.2. The zero-order valence-electron chi connectivity index (χ0n) is 12.2. The van der Waals surface area contributed by atoms with Gasteiger partial charge in [0.15, 0.2) is 0 Å². The molecule has 2 fully saturated rings. The van der Waals surface area contributed by atoms with Gasteiger partial charge in [-0.2, -0.15) is 0 Å². The third-order valence-corrected chi connectivity index (χ3v) is 4.12. The summed E-state index contributed by atoms with van der Waals surface area (Å²) in [5.41, 5.74) is 1.74. The van der Waals surface area contributed by atoms with Crippen molar-refractivity contribution in [2.45, 2.75) is 18.9 Å². The van der Waals surface area contributed by atoms with Crippen molar-refractivity contribution in [2.24, 2.45) is 0 Å². The van der Waals surface area contributed by atoms with Crippen LogP contribution >= 0.6 is 0 Å². The van der Waals surface area contributed by atoms with E-state index in [1.807, 2.05) is 24.3 Å². The number of hydrogen-bond donors (Lipinski definition) is 1. The second kappa shape index (κ2) is 6.45. The molecule has 1 amide bonds. The molecule has 2 aliphatic rings. The van der Waals surface area contributed by atoms with Crippen LogP contribution in [-0.2, 0) is 4.74 Å². The van der Waals surface area contributed by atoms with Gasteiger partial charge in [-0.25, -0.2) is 0 Å². The van der Waals surface area contributed by atoms with E-state index < -0.39 is 6.10 Å². The van der Waals surface area contributed by atoms with Crippen molar-refractivity contribution < 1.29 is 14.6 Å². The number of amides is 1. The van der Waals surface area contributed by atoms with Gasteiger partial charge < -0.3 is 19.6 Å². The smallest absolute Gasteiger partial charge is 0.256 e. The average Bonchev–Trinajstić information content (AvgIpc) is 2.95. The Balaban J connectivity index is 1.83. The minimum absolute atomic E-state index is 0.0120. The Morgan fingerprint density at radius 3 is 2.76 bits per heavy atom. The van der Waals surface area contributed by atoms with E-state index in [4.69, 9.17) is 4.74 Å². The molecular formula is C16H22N2O3. The molecule has 1 unspecified atom stereocenters. The summed E-state index contributed by atoms with van der Waals surface area (Å²) in [4.78, 5) is 16.8. The molecule has 1 N–H and O–H groups in total. The third-order valence-electron chi connectivity index (χ3n) is 4.12. The van der Waals surface area contributed by atoms with Gasteiger partial charge in [-0.05, 0) is 25.0 Å². The van der Waals surface area contributed by atoms with E-state index in [1.54, 1.807) is 4.90 Å². The molecule has 2 aliphatic heterocycles. The van der Waals surface area contributed by atoms with Gasteiger partial charge in [0.25, 0.3) is 5.91 Å². The second-order valence-corrected chi connectivity index (χ2v) is 5.69. The van der Waals surface area contributed by atoms with E-state index >= 15 is 0 Å². The Labute approximate surface area is 125 Å². The number of aliphatic hydroxyl groups is 1. The molecule has 1 aromatic rings. The number of anilines is 1. The lowest BCUT2D eigenvalue weighted by molar-refractivity contribution is 0.0534. The molecule has 1 atom stereocenters. The Hall–Kier alpha value is -1.59. The summed E-state index contributed by atoms with van der Waals surface area (Å²) in [5.74, 6) is -0.0120. The number of nitrogens with zero attached hydrogens (tertiary/aromatic N) is 2. The van der Waals surface area contributed by atoms with Crippen molar-refractivity contribution in [3.05, 3.63) is 29.8 Å². The molecule has 2 saturated heterocycles. The number of aliphatic hydroxyl groups excluding tert-OH is 1. The van der Waals surface area contributed by atoms with E-state index in [-0.39, 0.29) is 5.91 Å². The molecule has 0 spiro atoms. The van der Waals surface area contributed by atoms with Crippen LogP contribution in [0.4, 0.5) is 5.69 Å². The largest absolute Gasteiger partial charge is 0.389 e. The van der Waals surface area contributed by atoms with Crippen molar-refractivity contribution in [1.82, 2.24) is 4.90 Å². The second-order valence-electron chi connectivity index (χ2n) is 5.69. The summed E-state index contributed by atoms with van der Waals surface area (Å²) in [6, 6.07) is 7.78. The molecule has 5 heteroatoms. The van der Waals surface area contributed by atoms with Crippen LogP contribution in [0.25, 0.3) is 0 Å². The molecule has 21 heavy (non-hydrogen) atoms. The van der Waals surface area contributed by atoms with E-state index in [2.05, 4.69) is 4.90 Å². The van der Waals surface area contributed by atoms with Crippen molar-refractivity contribution in [3.8, 4) is 0 Å². The molecule has 0 aliphatic carbocycles. The maximum atomic E-state index is 12.8. The fourth-order valence-corrected chi connectivity index (χ4v) is 3.04. The summed E-state index contributed by atoms with van der Waals surface area (Å²) in [5, 5.41) is 9.81. The molecule has 0 bridgehead atoms. The van der Waals surface area contributed by atoms with Gasteiger partial charge in [-0.15, -0.1) is 0 Å². The van der Waals surface area contributed by atoms with Gasteiger partial charge >= 0.3 is 0 Å². The maximum absolute atomic E-state index is 12.8. The number of ether oxygens (including phenoxy) is 1. The fourth-order valence-electron chi connectivity index (χ4n) is 3.04. The Bertz CT molecular complexity index is 500. The number of rotatable bonds is 2.